The number of amides is 2. The molecule has 2 aliphatic rings. The normalized spacial score (nSPS) is 23.4. The summed E-state index contributed by atoms with van der Waals surface area (Å²) in [5, 5.41) is 2.70. The predicted octanol–water partition coefficient (Wildman–Crippen LogP) is 0.871. The van der Waals surface area contributed by atoms with E-state index in [1.807, 2.05) is 0 Å². The van der Waals surface area contributed by atoms with Gasteiger partial charge in [-0.3, -0.25) is 9.59 Å². The average molecular weight is 365 g/mol. The van der Waals surface area contributed by atoms with Gasteiger partial charge in [-0.25, -0.2) is 13.4 Å². The highest BCUT2D eigenvalue weighted by molar-refractivity contribution is 7.91. The second-order valence-corrected chi connectivity index (χ2v) is 9.18. The average Bonchev–Trinajstić information content (AvgIpc) is 2.93. The van der Waals surface area contributed by atoms with Crippen LogP contribution in [0.2, 0.25) is 0 Å². The van der Waals surface area contributed by atoms with Gasteiger partial charge in [0.1, 0.15) is 11.4 Å². The number of rotatable bonds is 3. The molecular weight excluding hydrogens is 342 g/mol. The van der Waals surface area contributed by atoms with Crippen LogP contribution in [-0.4, -0.2) is 60.8 Å². The number of aromatic nitrogens is 1. The molecule has 8 heteroatoms. The molecule has 1 aromatic rings. The van der Waals surface area contributed by atoms with E-state index in [9.17, 15) is 18.0 Å². The van der Waals surface area contributed by atoms with E-state index in [0.29, 0.717) is 25.4 Å². The molecular formula is C17H23N3O4S. The molecule has 0 radical (unpaired) electrons. The summed E-state index contributed by atoms with van der Waals surface area (Å²) in [4.78, 5) is 30.8. The standard InChI is InChI=1S/C17H23N3O4S/c1-12-5-8-20(9-6-12)17(22)15-4-2-3-14(19-15)16(21)18-13-7-10-25(23,24)11-13/h2-4,12-13H,5-11H2,1H3,(H,18,21). The number of nitrogens with zero attached hydrogens (tertiary/aromatic N) is 2. The molecule has 0 aromatic carbocycles. The van der Waals surface area contributed by atoms with Gasteiger partial charge in [-0.05, 0) is 37.3 Å². The summed E-state index contributed by atoms with van der Waals surface area (Å²) in [6.07, 6.45) is 2.36. The van der Waals surface area contributed by atoms with Crippen LogP contribution in [0.4, 0.5) is 0 Å². The highest BCUT2D eigenvalue weighted by Crippen LogP contribution is 2.18. The van der Waals surface area contributed by atoms with Crippen molar-refractivity contribution in [2.45, 2.75) is 32.2 Å². The summed E-state index contributed by atoms with van der Waals surface area (Å²) in [7, 11) is -3.06. The lowest BCUT2D eigenvalue weighted by atomic mass is 9.99. The van der Waals surface area contributed by atoms with Gasteiger partial charge in [0.25, 0.3) is 11.8 Å². The number of nitrogens with one attached hydrogen (secondary N) is 1. The van der Waals surface area contributed by atoms with Crippen molar-refractivity contribution in [3.8, 4) is 0 Å². The Bertz CT molecular complexity index is 770. The molecule has 0 spiro atoms. The summed E-state index contributed by atoms with van der Waals surface area (Å²) in [6.45, 7) is 3.59. The first-order valence-electron chi connectivity index (χ1n) is 8.62. The molecule has 2 saturated heterocycles. The Morgan fingerprint density at radius 3 is 2.48 bits per heavy atom. The molecule has 0 saturated carbocycles. The predicted molar refractivity (Wildman–Crippen MR) is 93.1 cm³/mol. The van der Waals surface area contributed by atoms with Gasteiger partial charge >= 0.3 is 0 Å². The van der Waals surface area contributed by atoms with E-state index in [0.717, 1.165) is 12.8 Å². The van der Waals surface area contributed by atoms with Crippen molar-refractivity contribution in [2.24, 2.45) is 5.92 Å². The van der Waals surface area contributed by atoms with Gasteiger partial charge in [0, 0.05) is 19.1 Å². The topological polar surface area (TPSA) is 96.4 Å². The lowest BCUT2D eigenvalue weighted by Gasteiger charge is -2.30. The van der Waals surface area contributed by atoms with Crippen molar-refractivity contribution in [3.05, 3.63) is 29.6 Å². The smallest absolute Gasteiger partial charge is 0.272 e. The fourth-order valence-corrected chi connectivity index (χ4v) is 4.90. The van der Waals surface area contributed by atoms with Crippen LogP contribution < -0.4 is 5.32 Å². The van der Waals surface area contributed by atoms with Crippen molar-refractivity contribution in [2.75, 3.05) is 24.6 Å². The van der Waals surface area contributed by atoms with Gasteiger partial charge in [-0.1, -0.05) is 13.0 Å². The van der Waals surface area contributed by atoms with E-state index in [1.165, 1.54) is 6.07 Å². The molecule has 3 heterocycles. The number of sulfone groups is 1. The van der Waals surface area contributed by atoms with Crippen LogP contribution in [0.3, 0.4) is 0 Å². The molecule has 7 nitrogen and oxygen atoms in total. The number of carbonyl (C=O) groups is 2. The summed E-state index contributed by atoms with van der Waals surface area (Å²) in [5.41, 5.74) is 0.391. The van der Waals surface area contributed by atoms with Gasteiger partial charge in [-0.2, -0.15) is 0 Å². The van der Waals surface area contributed by atoms with Crippen LogP contribution in [0.5, 0.6) is 0 Å². The minimum atomic E-state index is -3.06. The molecule has 3 rings (SSSR count). The molecule has 2 amide bonds. The van der Waals surface area contributed by atoms with Crippen molar-refractivity contribution in [1.82, 2.24) is 15.2 Å². The third kappa shape index (κ3) is 4.36. The van der Waals surface area contributed by atoms with Gasteiger partial charge in [0.05, 0.1) is 11.5 Å². The third-order valence-corrected chi connectivity index (χ3v) is 6.61. The van der Waals surface area contributed by atoms with Gasteiger partial charge < -0.3 is 10.2 Å². The first-order valence-corrected chi connectivity index (χ1v) is 10.4. The lowest BCUT2D eigenvalue weighted by molar-refractivity contribution is 0.0691. The number of hydrogen-bond donors (Lipinski definition) is 1. The molecule has 2 aliphatic heterocycles. The zero-order chi connectivity index (χ0) is 18.0. The second-order valence-electron chi connectivity index (χ2n) is 6.96. The zero-order valence-corrected chi connectivity index (χ0v) is 15.1. The second kappa shape index (κ2) is 7.11. The summed E-state index contributed by atoms with van der Waals surface area (Å²) < 4.78 is 23.0. The van der Waals surface area contributed by atoms with Crippen molar-refractivity contribution >= 4 is 21.7 Å². The molecule has 25 heavy (non-hydrogen) atoms. The summed E-state index contributed by atoms with van der Waals surface area (Å²) in [6, 6.07) is 4.39. The van der Waals surface area contributed by atoms with Gasteiger partial charge in [0.2, 0.25) is 0 Å². The maximum Gasteiger partial charge on any atom is 0.272 e. The maximum atomic E-state index is 12.6. The van der Waals surface area contributed by atoms with Gasteiger partial charge in [-0.15, -0.1) is 0 Å². The Morgan fingerprint density at radius 2 is 1.84 bits per heavy atom. The van der Waals surface area contributed by atoms with E-state index in [-0.39, 0.29) is 34.8 Å². The van der Waals surface area contributed by atoms with Crippen LogP contribution in [-0.2, 0) is 9.84 Å². The highest BCUT2D eigenvalue weighted by Gasteiger charge is 2.29. The SMILES string of the molecule is CC1CCN(C(=O)c2cccc(C(=O)NC3CCS(=O)(=O)C3)n2)CC1. The quantitative estimate of drug-likeness (QED) is 0.857. The Hall–Kier alpha value is -1.96. The Morgan fingerprint density at radius 1 is 1.16 bits per heavy atom. The van der Waals surface area contributed by atoms with E-state index in [2.05, 4.69) is 17.2 Å². The van der Waals surface area contributed by atoms with E-state index < -0.39 is 15.7 Å². The number of hydrogen-bond acceptors (Lipinski definition) is 5. The highest BCUT2D eigenvalue weighted by atomic mass is 32.2. The minimum Gasteiger partial charge on any atom is -0.347 e. The van der Waals surface area contributed by atoms with Crippen LogP contribution in [0.25, 0.3) is 0 Å². The molecule has 1 atom stereocenters. The molecule has 2 fully saturated rings. The number of pyridine rings is 1. The molecule has 0 bridgehead atoms. The van der Waals surface area contributed by atoms with E-state index >= 15 is 0 Å². The fraction of sp³-hybridized carbons (Fsp3) is 0.588. The van der Waals surface area contributed by atoms with E-state index in [1.54, 1.807) is 17.0 Å². The van der Waals surface area contributed by atoms with Crippen LogP contribution in [0, 0.1) is 5.92 Å². The monoisotopic (exact) mass is 365 g/mol. The van der Waals surface area contributed by atoms with E-state index in [4.69, 9.17) is 0 Å². The first kappa shape index (κ1) is 17.8. The summed E-state index contributed by atoms with van der Waals surface area (Å²) >= 11 is 0. The molecule has 1 unspecified atom stereocenters. The number of carbonyl (C=O) groups excluding carboxylic acids is 2. The Labute approximate surface area is 147 Å². The third-order valence-electron chi connectivity index (χ3n) is 4.84. The van der Waals surface area contributed by atoms with Crippen LogP contribution >= 0.6 is 0 Å². The van der Waals surface area contributed by atoms with Crippen LogP contribution in [0.1, 0.15) is 47.2 Å². The van der Waals surface area contributed by atoms with Crippen molar-refractivity contribution in [3.63, 3.8) is 0 Å². The minimum absolute atomic E-state index is 0.0384. The fourth-order valence-electron chi connectivity index (χ4n) is 3.22. The van der Waals surface area contributed by atoms with Gasteiger partial charge in [0.15, 0.2) is 9.84 Å². The Balaban J connectivity index is 1.66. The molecule has 136 valence electrons. The molecule has 1 aromatic heterocycles. The maximum absolute atomic E-state index is 12.6. The first-order chi connectivity index (χ1) is 11.8. The Kier molecular flexibility index (Phi) is 5.08. The van der Waals surface area contributed by atoms with Crippen molar-refractivity contribution in [1.29, 1.82) is 0 Å². The van der Waals surface area contributed by atoms with Crippen LogP contribution in [0.15, 0.2) is 18.2 Å². The molecule has 0 aliphatic carbocycles. The van der Waals surface area contributed by atoms with Crippen molar-refractivity contribution < 1.29 is 18.0 Å². The largest absolute Gasteiger partial charge is 0.347 e. The number of likely N-dealkylation sites (tertiary alicyclic amines) is 1. The zero-order valence-electron chi connectivity index (χ0n) is 14.3. The molecule has 1 N–H and O–H groups in total. The number of piperidine rings is 1. The summed E-state index contributed by atoms with van der Waals surface area (Å²) in [5.74, 6) is 0.0754. The lowest BCUT2D eigenvalue weighted by Crippen LogP contribution is -2.39.